The molecule has 0 radical (unpaired) electrons. The van der Waals surface area contributed by atoms with Gasteiger partial charge in [-0.15, -0.1) is 11.3 Å². The summed E-state index contributed by atoms with van der Waals surface area (Å²) in [6, 6.07) is 3.18. The average Bonchev–Trinajstić information content (AvgIpc) is 3.15. The van der Waals surface area contributed by atoms with E-state index in [2.05, 4.69) is 15.3 Å². The first kappa shape index (κ1) is 18.5. The van der Waals surface area contributed by atoms with E-state index in [9.17, 15) is 9.18 Å². The zero-order valence-electron chi connectivity index (χ0n) is 13.8. The third-order valence-corrected chi connectivity index (χ3v) is 4.82. The number of thiazole rings is 1. The molecule has 0 amide bonds. The molecule has 3 rings (SSSR count). The molecule has 0 aliphatic carbocycles. The van der Waals surface area contributed by atoms with E-state index in [1.165, 1.54) is 29.5 Å². The molecule has 2 aromatic rings. The molecule has 1 atom stereocenters. The van der Waals surface area contributed by atoms with Crippen LogP contribution >= 0.6 is 22.9 Å². The lowest BCUT2D eigenvalue weighted by Gasteiger charge is -2.27. The molecule has 1 aliphatic rings. The maximum Gasteiger partial charge on any atom is 0.338 e. The first-order chi connectivity index (χ1) is 12.5. The Morgan fingerprint density at radius 1 is 1.50 bits per heavy atom. The van der Waals surface area contributed by atoms with E-state index in [1.807, 2.05) is 5.38 Å². The number of carbonyl (C=O) groups is 1. The molecule has 0 saturated carbocycles. The first-order valence-corrected chi connectivity index (χ1v) is 9.10. The van der Waals surface area contributed by atoms with Crippen molar-refractivity contribution in [3.8, 4) is 0 Å². The van der Waals surface area contributed by atoms with Crippen LogP contribution < -0.4 is 11.1 Å². The minimum Gasteiger partial charge on any atom is -0.463 e. The second kappa shape index (κ2) is 7.94. The minimum absolute atomic E-state index is 0.0633. The van der Waals surface area contributed by atoms with Crippen LogP contribution in [-0.2, 0) is 9.53 Å². The predicted octanol–water partition coefficient (Wildman–Crippen LogP) is 2.80. The Labute approximate surface area is 158 Å². The molecule has 1 aromatic carbocycles. The largest absolute Gasteiger partial charge is 0.463 e. The SMILES string of the molecule is CCOC(=O)C1=C(CN)NC(c2nccs2)=NC1c1ccc(F)cc1Cl. The normalized spacial score (nSPS) is 16.9. The fraction of sp³-hybridized carbons (Fsp3) is 0.235. The van der Waals surface area contributed by atoms with E-state index >= 15 is 0 Å². The number of aromatic nitrogens is 1. The van der Waals surface area contributed by atoms with Gasteiger partial charge in [0.15, 0.2) is 10.8 Å². The number of amidine groups is 1. The molecule has 6 nitrogen and oxygen atoms in total. The Balaban J connectivity index is 2.15. The number of esters is 1. The molecular weight excluding hydrogens is 379 g/mol. The summed E-state index contributed by atoms with van der Waals surface area (Å²) in [6.45, 7) is 1.97. The highest BCUT2D eigenvalue weighted by molar-refractivity contribution is 7.11. The molecule has 136 valence electrons. The Morgan fingerprint density at radius 3 is 2.92 bits per heavy atom. The van der Waals surface area contributed by atoms with Gasteiger partial charge in [0.1, 0.15) is 11.9 Å². The highest BCUT2D eigenvalue weighted by Crippen LogP contribution is 2.36. The van der Waals surface area contributed by atoms with Crippen LogP contribution in [0.2, 0.25) is 5.02 Å². The van der Waals surface area contributed by atoms with Crippen molar-refractivity contribution in [2.24, 2.45) is 10.7 Å². The second-order valence-corrected chi connectivity index (χ2v) is 6.63. The zero-order valence-corrected chi connectivity index (χ0v) is 15.4. The Kier molecular flexibility index (Phi) is 5.65. The monoisotopic (exact) mass is 394 g/mol. The molecule has 1 aromatic heterocycles. The van der Waals surface area contributed by atoms with Crippen LogP contribution in [0.4, 0.5) is 4.39 Å². The fourth-order valence-corrected chi connectivity index (χ4v) is 3.46. The summed E-state index contributed by atoms with van der Waals surface area (Å²) in [5, 5.41) is 5.68. The standard InChI is InChI=1S/C17H16ClFN4O2S/c1-2-25-17(24)13-12(8-20)22-15(16-21-5-6-26-16)23-14(13)10-4-3-9(19)7-11(10)18/h3-7,14H,2,8,20H2,1H3,(H,22,23). The van der Waals surface area contributed by atoms with Crippen LogP contribution in [0.1, 0.15) is 23.5 Å². The molecule has 0 spiro atoms. The number of benzene rings is 1. The number of nitrogens with two attached hydrogens (primary N) is 1. The Bertz CT molecular complexity index is 883. The molecule has 1 aliphatic heterocycles. The highest BCUT2D eigenvalue weighted by Gasteiger charge is 2.33. The van der Waals surface area contributed by atoms with Crippen molar-refractivity contribution < 1.29 is 13.9 Å². The fourth-order valence-electron chi connectivity index (χ4n) is 2.60. The van der Waals surface area contributed by atoms with Crippen molar-refractivity contribution >= 4 is 34.7 Å². The first-order valence-electron chi connectivity index (χ1n) is 7.85. The number of nitrogens with one attached hydrogen (secondary N) is 1. The number of hydrogen-bond donors (Lipinski definition) is 2. The lowest BCUT2D eigenvalue weighted by Crippen LogP contribution is -2.36. The highest BCUT2D eigenvalue weighted by atomic mass is 35.5. The third kappa shape index (κ3) is 3.62. The summed E-state index contributed by atoms with van der Waals surface area (Å²) in [4.78, 5) is 21.4. The number of carbonyl (C=O) groups excluding carboxylic acids is 1. The summed E-state index contributed by atoms with van der Waals surface area (Å²) < 4.78 is 18.6. The van der Waals surface area contributed by atoms with Gasteiger partial charge in [-0.2, -0.15) is 0 Å². The Morgan fingerprint density at radius 2 is 2.31 bits per heavy atom. The van der Waals surface area contributed by atoms with Crippen LogP contribution in [-0.4, -0.2) is 29.9 Å². The molecule has 3 N–H and O–H groups in total. The topological polar surface area (TPSA) is 89.6 Å². The van der Waals surface area contributed by atoms with Gasteiger partial charge >= 0.3 is 5.97 Å². The molecule has 0 bridgehead atoms. The molecule has 0 saturated heterocycles. The molecule has 0 fully saturated rings. The van der Waals surface area contributed by atoms with Gasteiger partial charge < -0.3 is 15.8 Å². The van der Waals surface area contributed by atoms with Crippen molar-refractivity contribution in [3.05, 3.63) is 62.5 Å². The molecule has 2 heterocycles. The van der Waals surface area contributed by atoms with Gasteiger partial charge in [-0.05, 0) is 19.1 Å². The number of ether oxygens (including phenoxy) is 1. The predicted molar refractivity (Wildman–Crippen MR) is 98.7 cm³/mol. The molecule has 9 heteroatoms. The summed E-state index contributed by atoms with van der Waals surface area (Å²) in [7, 11) is 0. The number of halogens is 2. The van der Waals surface area contributed by atoms with Gasteiger partial charge in [-0.1, -0.05) is 17.7 Å². The van der Waals surface area contributed by atoms with E-state index in [-0.39, 0.29) is 23.7 Å². The van der Waals surface area contributed by atoms with Crippen molar-refractivity contribution in [2.45, 2.75) is 13.0 Å². The van der Waals surface area contributed by atoms with E-state index in [0.717, 1.165) is 0 Å². The maximum atomic E-state index is 13.5. The maximum absolute atomic E-state index is 13.5. The lowest BCUT2D eigenvalue weighted by molar-refractivity contribution is -0.138. The van der Waals surface area contributed by atoms with Gasteiger partial charge in [0.25, 0.3) is 0 Å². The van der Waals surface area contributed by atoms with Gasteiger partial charge in [0.05, 0.1) is 12.2 Å². The molecule has 1 unspecified atom stereocenters. The van der Waals surface area contributed by atoms with Crippen molar-refractivity contribution in [1.82, 2.24) is 10.3 Å². The Hall–Kier alpha value is -2.29. The van der Waals surface area contributed by atoms with Gasteiger partial charge in [-0.25, -0.2) is 14.2 Å². The smallest absolute Gasteiger partial charge is 0.338 e. The number of nitrogens with zero attached hydrogens (tertiary/aromatic N) is 2. The molecule has 26 heavy (non-hydrogen) atoms. The van der Waals surface area contributed by atoms with E-state index < -0.39 is 17.8 Å². The van der Waals surface area contributed by atoms with Crippen LogP contribution in [0, 0.1) is 5.82 Å². The van der Waals surface area contributed by atoms with Gasteiger partial charge in [0, 0.05) is 34.4 Å². The van der Waals surface area contributed by atoms with Crippen LogP contribution in [0.25, 0.3) is 0 Å². The van der Waals surface area contributed by atoms with Gasteiger partial charge in [-0.3, -0.25) is 4.99 Å². The minimum atomic E-state index is -0.777. The van der Waals surface area contributed by atoms with Crippen LogP contribution in [0.15, 0.2) is 46.0 Å². The van der Waals surface area contributed by atoms with Gasteiger partial charge in [0.2, 0.25) is 0 Å². The second-order valence-electron chi connectivity index (χ2n) is 5.33. The number of hydrogen-bond acceptors (Lipinski definition) is 7. The lowest BCUT2D eigenvalue weighted by atomic mass is 9.95. The summed E-state index contributed by atoms with van der Waals surface area (Å²) in [6.07, 6.45) is 1.65. The number of rotatable bonds is 5. The van der Waals surface area contributed by atoms with E-state index in [4.69, 9.17) is 22.1 Å². The van der Waals surface area contributed by atoms with E-state index in [1.54, 1.807) is 13.1 Å². The molecular formula is C17H16ClFN4O2S. The summed E-state index contributed by atoms with van der Waals surface area (Å²) in [5.41, 5.74) is 7.06. The van der Waals surface area contributed by atoms with E-state index in [0.29, 0.717) is 22.1 Å². The average molecular weight is 395 g/mol. The van der Waals surface area contributed by atoms with Crippen molar-refractivity contribution in [2.75, 3.05) is 13.2 Å². The van der Waals surface area contributed by atoms with Crippen LogP contribution in [0.3, 0.4) is 0 Å². The third-order valence-electron chi connectivity index (χ3n) is 3.72. The summed E-state index contributed by atoms with van der Waals surface area (Å²) >= 11 is 7.61. The van der Waals surface area contributed by atoms with Crippen molar-refractivity contribution in [3.63, 3.8) is 0 Å². The van der Waals surface area contributed by atoms with Crippen molar-refractivity contribution in [1.29, 1.82) is 0 Å². The summed E-state index contributed by atoms with van der Waals surface area (Å²) in [5.74, 6) is -0.552. The number of aliphatic imine (C=N–C) groups is 1. The van der Waals surface area contributed by atoms with Crippen LogP contribution in [0.5, 0.6) is 0 Å². The zero-order chi connectivity index (χ0) is 18.7. The quantitative estimate of drug-likeness (QED) is 0.761.